The highest BCUT2D eigenvalue weighted by Crippen LogP contribution is 2.42. The molecule has 180 valence electrons. The summed E-state index contributed by atoms with van der Waals surface area (Å²) in [7, 11) is 0. The Morgan fingerprint density at radius 2 is 2.00 bits per heavy atom. The number of rotatable bonds is 7. The van der Waals surface area contributed by atoms with E-state index in [2.05, 4.69) is 4.98 Å². The van der Waals surface area contributed by atoms with E-state index >= 15 is 0 Å². The van der Waals surface area contributed by atoms with Gasteiger partial charge in [0, 0.05) is 19.5 Å². The summed E-state index contributed by atoms with van der Waals surface area (Å²) in [5, 5.41) is 0. The molecule has 0 spiro atoms. The lowest BCUT2D eigenvalue weighted by Gasteiger charge is -2.44. The van der Waals surface area contributed by atoms with Gasteiger partial charge in [-0.2, -0.15) is 4.39 Å². The number of carbonyl (C=O) groups excluding carboxylic acids is 3. The minimum absolute atomic E-state index is 0.0386. The molecule has 4 atom stereocenters. The number of ether oxygens (including phenoxy) is 3. The molecule has 1 saturated heterocycles. The van der Waals surface area contributed by atoms with Crippen molar-refractivity contribution in [1.82, 2.24) is 9.88 Å². The predicted octanol–water partition coefficient (Wildman–Crippen LogP) is 2.73. The number of halogens is 1. The number of benzene rings is 1. The summed E-state index contributed by atoms with van der Waals surface area (Å²) in [6, 6.07) is 4.97. The van der Waals surface area contributed by atoms with Crippen molar-refractivity contribution >= 4 is 23.6 Å². The van der Waals surface area contributed by atoms with Crippen LogP contribution in [-0.2, 0) is 25.5 Å². The third-order valence-corrected chi connectivity index (χ3v) is 5.91. The van der Waals surface area contributed by atoms with E-state index in [0.29, 0.717) is 11.4 Å². The standard InChI is InChI=1S/C24H26FN3O6/c1-4-32-23(31)21-16(10-14-7-8-27-19(26)11-14)22(30)28(21)20(29)9-13(2)15-5-6-17-18(12-15)34-24(3,25)33-17/h5-8,11-13,16,21H,4,9-10H2,1-3H3,(H2,26,27)/t13-,16+,21-,24?/m0/s1. The molecule has 1 fully saturated rings. The lowest BCUT2D eigenvalue weighted by molar-refractivity contribution is -0.179. The molecule has 9 nitrogen and oxygen atoms in total. The van der Waals surface area contributed by atoms with E-state index in [1.165, 1.54) is 6.20 Å². The normalized spacial score (nSPS) is 23.9. The second kappa shape index (κ2) is 8.92. The van der Waals surface area contributed by atoms with Crippen molar-refractivity contribution in [2.24, 2.45) is 5.92 Å². The smallest absolute Gasteiger partial charge is 0.404 e. The molecule has 2 aromatic rings. The van der Waals surface area contributed by atoms with Gasteiger partial charge in [-0.15, -0.1) is 0 Å². The number of nitrogens with zero attached hydrogens (tertiary/aromatic N) is 2. The van der Waals surface area contributed by atoms with Crippen LogP contribution in [0, 0.1) is 5.92 Å². The van der Waals surface area contributed by atoms with Gasteiger partial charge in [-0.1, -0.05) is 13.0 Å². The molecule has 2 aliphatic heterocycles. The largest absolute Gasteiger partial charge is 0.464 e. The molecule has 3 heterocycles. The maximum absolute atomic E-state index is 13.9. The monoisotopic (exact) mass is 471 g/mol. The molecule has 10 heteroatoms. The summed E-state index contributed by atoms with van der Waals surface area (Å²) in [6.07, 6.45) is 1.72. The Morgan fingerprint density at radius 1 is 1.26 bits per heavy atom. The van der Waals surface area contributed by atoms with E-state index < -0.39 is 35.8 Å². The van der Waals surface area contributed by atoms with Crippen molar-refractivity contribution in [1.29, 1.82) is 0 Å². The Balaban J connectivity index is 1.48. The summed E-state index contributed by atoms with van der Waals surface area (Å²) in [4.78, 5) is 43.5. The fourth-order valence-corrected chi connectivity index (χ4v) is 4.29. The molecular weight excluding hydrogens is 445 g/mol. The summed E-state index contributed by atoms with van der Waals surface area (Å²) in [5.74, 6) is -1.81. The van der Waals surface area contributed by atoms with Crippen LogP contribution in [0.25, 0.3) is 0 Å². The highest BCUT2D eigenvalue weighted by molar-refractivity contribution is 6.08. The molecular formula is C24H26FN3O6. The third kappa shape index (κ3) is 4.52. The number of likely N-dealkylation sites (tertiary alicyclic amines) is 1. The number of esters is 1. The van der Waals surface area contributed by atoms with E-state index in [-0.39, 0.29) is 36.9 Å². The number of hydrogen-bond acceptors (Lipinski definition) is 8. The van der Waals surface area contributed by atoms with E-state index in [1.807, 2.05) is 0 Å². The molecule has 2 aliphatic rings. The molecule has 0 aliphatic carbocycles. The number of carbonyl (C=O) groups is 3. The average molecular weight is 471 g/mol. The summed E-state index contributed by atoms with van der Waals surface area (Å²) >= 11 is 0. The van der Waals surface area contributed by atoms with Crippen molar-refractivity contribution in [2.45, 2.75) is 51.6 Å². The van der Waals surface area contributed by atoms with Gasteiger partial charge in [-0.3, -0.25) is 14.5 Å². The molecule has 0 bridgehead atoms. The van der Waals surface area contributed by atoms with Crippen LogP contribution in [-0.4, -0.2) is 46.4 Å². The number of alkyl halides is 1. The molecule has 2 N–H and O–H groups in total. The number of pyridine rings is 1. The second-order valence-electron chi connectivity index (χ2n) is 8.55. The fourth-order valence-electron chi connectivity index (χ4n) is 4.29. The molecule has 1 aromatic carbocycles. The number of amides is 2. The van der Waals surface area contributed by atoms with Crippen molar-refractivity contribution < 1.29 is 33.0 Å². The molecule has 4 rings (SSSR count). The van der Waals surface area contributed by atoms with Gasteiger partial charge < -0.3 is 19.9 Å². The summed E-state index contributed by atoms with van der Waals surface area (Å²) < 4.78 is 29.3. The van der Waals surface area contributed by atoms with Gasteiger partial charge in [0.1, 0.15) is 11.9 Å². The highest BCUT2D eigenvalue weighted by atomic mass is 19.2. The Kier molecular flexibility index (Phi) is 6.16. The number of fused-ring (bicyclic) bond motifs is 1. The lowest BCUT2D eigenvalue weighted by atomic mass is 9.81. The van der Waals surface area contributed by atoms with Crippen LogP contribution in [0.4, 0.5) is 10.2 Å². The molecule has 34 heavy (non-hydrogen) atoms. The second-order valence-corrected chi connectivity index (χ2v) is 8.55. The van der Waals surface area contributed by atoms with Crippen LogP contribution in [0.15, 0.2) is 36.5 Å². The number of hydrogen-bond donors (Lipinski definition) is 1. The molecule has 1 unspecified atom stereocenters. The lowest BCUT2D eigenvalue weighted by Crippen LogP contribution is -2.67. The zero-order valence-corrected chi connectivity index (χ0v) is 19.1. The number of β-lactam (4-membered cyclic amide) rings is 1. The van der Waals surface area contributed by atoms with Gasteiger partial charge in [0.15, 0.2) is 11.5 Å². The minimum atomic E-state index is -2.24. The number of anilines is 1. The van der Waals surface area contributed by atoms with Gasteiger partial charge in [-0.25, -0.2) is 9.78 Å². The Labute approximate surface area is 196 Å². The maximum atomic E-state index is 13.9. The van der Waals surface area contributed by atoms with E-state index in [0.717, 1.165) is 17.4 Å². The van der Waals surface area contributed by atoms with Crippen LogP contribution < -0.4 is 15.2 Å². The van der Waals surface area contributed by atoms with Gasteiger partial charge in [0.25, 0.3) is 0 Å². The topological polar surface area (TPSA) is 121 Å². The van der Waals surface area contributed by atoms with Gasteiger partial charge >= 0.3 is 12.0 Å². The van der Waals surface area contributed by atoms with Gasteiger partial charge in [0.2, 0.25) is 11.8 Å². The van der Waals surface area contributed by atoms with Crippen LogP contribution >= 0.6 is 0 Å². The van der Waals surface area contributed by atoms with Crippen molar-refractivity contribution in [2.75, 3.05) is 12.3 Å². The van der Waals surface area contributed by atoms with Crippen molar-refractivity contribution in [3.05, 3.63) is 47.7 Å². The first-order valence-electron chi connectivity index (χ1n) is 11.0. The molecule has 0 radical (unpaired) electrons. The van der Waals surface area contributed by atoms with E-state index in [9.17, 15) is 18.8 Å². The Hall–Kier alpha value is -3.69. The highest BCUT2D eigenvalue weighted by Gasteiger charge is 2.55. The average Bonchev–Trinajstić information content (AvgIpc) is 3.08. The third-order valence-electron chi connectivity index (χ3n) is 5.91. The summed E-state index contributed by atoms with van der Waals surface area (Å²) in [5.41, 5.74) is 7.16. The quantitative estimate of drug-likeness (QED) is 0.483. The van der Waals surface area contributed by atoms with Crippen LogP contribution in [0.3, 0.4) is 0 Å². The van der Waals surface area contributed by atoms with Crippen LogP contribution in [0.5, 0.6) is 11.5 Å². The number of aromatic nitrogens is 1. The molecule has 2 amide bonds. The van der Waals surface area contributed by atoms with Crippen molar-refractivity contribution in [3.63, 3.8) is 0 Å². The first-order valence-corrected chi connectivity index (χ1v) is 11.0. The summed E-state index contributed by atoms with van der Waals surface area (Å²) in [6.45, 7) is 4.74. The minimum Gasteiger partial charge on any atom is -0.464 e. The zero-order valence-electron chi connectivity index (χ0n) is 19.1. The first-order chi connectivity index (χ1) is 16.1. The predicted molar refractivity (Wildman–Crippen MR) is 118 cm³/mol. The molecule has 1 aromatic heterocycles. The van der Waals surface area contributed by atoms with E-state index in [4.69, 9.17) is 19.9 Å². The van der Waals surface area contributed by atoms with Gasteiger partial charge in [0.05, 0.1) is 12.5 Å². The van der Waals surface area contributed by atoms with Crippen molar-refractivity contribution in [3.8, 4) is 11.5 Å². The van der Waals surface area contributed by atoms with Gasteiger partial charge in [-0.05, 0) is 54.7 Å². The van der Waals surface area contributed by atoms with E-state index in [1.54, 1.807) is 44.2 Å². The Morgan fingerprint density at radius 3 is 2.71 bits per heavy atom. The van der Waals surface area contributed by atoms with Crippen LogP contribution in [0.2, 0.25) is 0 Å². The number of nitrogens with two attached hydrogens (primary N) is 1. The molecule has 0 saturated carbocycles. The SMILES string of the molecule is CCOC(=O)[C@@H]1[C@@H](Cc2ccnc(N)c2)C(=O)N1C(=O)C[C@H](C)c1ccc2c(c1)OC(C)(F)O2. The number of imide groups is 1. The Bertz CT molecular complexity index is 1140. The maximum Gasteiger partial charge on any atom is 0.404 e. The van der Waals surface area contributed by atoms with Crippen LogP contribution in [0.1, 0.15) is 44.2 Å². The number of nitrogen functional groups attached to an aromatic ring is 1. The fraction of sp³-hybridized carbons (Fsp3) is 0.417. The first kappa shape index (κ1) is 23.5. The zero-order chi connectivity index (χ0) is 24.6.